The summed E-state index contributed by atoms with van der Waals surface area (Å²) in [5.41, 5.74) is 7.41. The van der Waals surface area contributed by atoms with Gasteiger partial charge in [-0.1, -0.05) is 0 Å². The summed E-state index contributed by atoms with van der Waals surface area (Å²) in [6.07, 6.45) is 6.95. The Labute approximate surface area is 154 Å². The summed E-state index contributed by atoms with van der Waals surface area (Å²) in [5, 5.41) is 9.26. The molecule has 0 saturated heterocycles. The molecule has 0 radical (unpaired) electrons. The van der Waals surface area contributed by atoms with E-state index in [1.807, 2.05) is 6.07 Å². The molecule has 26 heavy (non-hydrogen) atoms. The van der Waals surface area contributed by atoms with Crippen LogP contribution in [0.1, 0.15) is 51.1 Å². The summed E-state index contributed by atoms with van der Waals surface area (Å²) < 4.78 is 10.1. The number of carbonyl (C=O) groups excluding carboxylic acids is 1. The number of methoxy groups -OCH3 is 1. The molecule has 0 aliphatic heterocycles. The second-order valence-electron chi connectivity index (χ2n) is 5.94. The molecule has 0 aliphatic carbocycles. The monoisotopic (exact) mass is 363 g/mol. The van der Waals surface area contributed by atoms with Crippen LogP contribution in [0.4, 0.5) is 0 Å². The number of aliphatic hydroxyl groups excluding tert-OH is 1. The normalized spacial score (nSPS) is 14.2. The van der Waals surface area contributed by atoms with E-state index in [0.29, 0.717) is 31.0 Å². The van der Waals surface area contributed by atoms with Gasteiger partial charge in [-0.05, 0) is 50.8 Å². The number of allylic oxidation sites excluding steroid dienone is 2. The number of nitrogens with two attached hydrogens (primary N) is 1. The van der Waals surface area contributed by atoms with Crippen molar-refractivity contribution in [3.63, 3.8) is 0 Å². The first-order chi connectivity index (χ1) is 12.5. The first-order valence-corrected chi connectivity index (χ1v) is 8.77. The Bertz CT molecular complexity index is 597. The summed E-state index contributed by atoms with van der Waals surface area (Å²) in [6.45, 7) is 3.85. The molecular weight excluding hydrogens is 334 g/mol. The number of ether oxygens (including phenoxy) is 2. The third-order valence-corrected chi connectivity index (χ3v) is 3.66. The van der Waals surface area contributed by atoms with Crippen molar-refractivity contribution in [2.75, 3.05) is 13.7 Å². The molecule has 0 aromatic carbocycles. The maximum Gasteiger partial charge on any atom is 0.308 e. The third-order valence-electron chi connectivity index (χ3n) is 3.66. The number of aliphatic hydroxyl groups is 1. The molecule has 0 bridgehead atoms. The molecule has 0 spiro atoms. The van der Waals surface area contributed by atoms with Crippen LogP contribution >= 0.6 is 0 Å². The largest absolute Gasteiger partial charge is 0.481 e. The van der Waals surface area contributed by atoms with Crippen molar-refractivity contribution in [1.82, 2.24) is 4.98 Å². The van der Waals surface area contributed by atoms with Gasteiger partial charge in [-0.3, -0.25) is 9.79 Å². The van der Waals surface area contributed by atoms with E-state index in [1.165, 1.54) is 0 Å². The van der Waals surface area contributed by atoms with E-state index in [-0.39, 0.29) is 18.5 Å². The molecule has 0 saturated carbocycles. The van der Waals surface area contributed by atoms with Crippen molar-refractivity contribution in [3.8, 4) is 5.88 Å². The van der Waals surface area contributed by atoms with Crippen molar-refractivity contribution in [1.29, 1.82) is 0 Å². The molecule has 7 nitrogen and oxygen atoms in total. The SMILES string of the molecule is CCOC(=O)CC(N=CC=C(N)CCCC(C)O)c1ccc(OC)nc1. The number of rotatable bonds is 11. The standard InChI is InChI=1S/C19H29N3O4/c1-4-26-19(24)12-17(15-8-9-18(25-3)22-13-15)21-11-10-16(20)7-5-6-14(2)23/h8-11,13-14,17,23H,4-7,12,20H2,1-3H3. The fourth-order valence-corrected chi connectivity index (χ4v) is 2.27. The summed E-state index contributed by atoms with van der Waals surface area (Å²) >= 11 is 0. The highest BCUT2D eigenvalue weighted by Gasteiger charge is 2.16. The quantitative estimate of drug-likeness (QED) is 0.462. The molecule has 1 aromatic heterocycles. The average Bonchev–Trinajstić information content (AvgIpc) is 2.61. The van der Waals surface area contributed by atoms with Crippen molar-refractivity contribution < 1.29 is 19.4 Å². The number of hydrogen-bond donors (Lipinski definition) is 2. The van der Waals surface area contributed by atoms with Gasteiger partial charge >= 0.3 is 5.97 Å². The highest BCUT2D eigenvalue weighted by molar-refractivity contribution is 5.74. The van der Waals surface area contributed by atoms with Gasteiger partial charge < -0.3 is 20.3 Å². The molecule has 0 fully saturated rings. The van der Waals surface area contributed by atoms with Crippen LogP contribution in [0.25, 0.3) is 0 Å². The Kier molecular flexibility index (Phi) is 10.0. The number of nitrogens with zero attached hydrogens (tertiary/aromatic N) is 2. The predicted octanol–water partition coefficient (Wildman–Crippen LogP) is 2.55. The molecule has 0 aliphatic rings. The van der Waals surface area contributed by atoms with Crippen LogP contribution in [0.15, 0.2) is 35.1 Å². The van der Waals surface area contributed by atoms with Crippen molar-refractivity contribution in [2.24, 2.45) is 10.7 Å². The van der Waals surface area contributed by atoms with Crippen LogP contribution in [-0.2, 0) is 9.53 Å². The lowest BCUT2D eigenvalue weighted by Gasteiger charge is -2.12. The van der Waals surface area contributed by atoms with Crippen LogP contribution in [0, 0.1) is 0 Å². The second kappa shape index (κ2) is 12.0. The summed E-state index contributed by atoms with van der Waals surface area (Å²) in [6, 6.07) is 3.14. The lowest BCUT2D eigenvalue weighted by molar-refractivity contribution is -0.143. The van der Waals surface area contributed by atoms with Crippen LogP contribution in [-0.4, -0.2) is 42.1 Å². The molecular formula is C19H29N3O4. The predicted molar refractivity (Wildman–Crippen MR) is 101 cm³/mol. The highest BCUT2D eigenvalue weighted by Crippen LogP contribution is 2.22. The van der Waals surface area contributed by atoms with Gasteiger partial charge in [0, 0.05) is 24.2 Å². The number of aliphatic imine (C=N–C) groups is 1. The van der Waals surface area contributed by atoms with Gasteiger partial charge in [-0.25, -0.2) is 4.98 Å². The fourth-order valence-electron chi connectivity index (χ4n) is 2.27. The summed E-state index contributed by atoms with van der Waals surface area (Å²) in [4.78, 5) is 20.4. The van der Waals surface area contributed by atoms with E-state index in [0.717, 1.165) is 12.0 Å². The van der Waals surface area contributed by atoms with Gasteiger partial charge in [-0.2, -0.15) is 0 Å². The van der Waals surface area contributed by atoms with Gasteiger partial charge in [0.2, 0.25) is 5.88 Å². The van der Waals surface area contributed by atoms with Gasteiger partial charge in [0.15, 0.2) is 0 Å². The van der Waals surface area contributed by atoms with Crippen LogP contribution in [0.2, 0.25) is 0 Å². The maximum absolute atomic E-state index is 11.8. The third kappa shape index (κ3) is 8.62. The van der Waals surface area contributed by atoms with E-state index >= 15 is 0 Å². The van der Waals surface area contributed by atoms with E-state index in [9.17, 15) is 9.90 Å². The molecule has 2 atom stereocenters. The Morgan fingerprint density at radius 1 is 1.46 bits per heavy atom. The lowest BCUT2D eigenvalue weighted by atomic mass is 10.1. The number of pyridine rings is 1. The van der Waals surface area contributed by atoms with Gasteiger partial charge in [0.05, 0.1) is 32.3 Å². The Hall–Kier alpha value is -2.41. The van der Waals surface area contributed by atoms with Crippen molar-refractivity contribution in [2.45, 2.75) is 51.7 Å². The van der Waals surface area contributed by atoms with Gasteiger partial charge in [0.25, 0.3) is 0 Å². The zero-order valence-electron chi connectivity index (χ0n) is 15.7. The van der Waals surface area contributed by atoms with Crippen molar-refractivity contribution >= 4 is 12.2 Å². The first kappa shape index (κ1) is 21.6. The lowest BCUT2D eigenvalue weighted by Crippen LogP contribution is -2.10. The van der Waals surface area contributed by atoms with Crippen LogP contribution in [0.5, 0.6) is 5.88 Å². The molecule has 2 unspecified atom stereocenters. The zero-order valence-corrected chi connectivity index (χ0v) is 15.7. The number of hydrogen-bond acceptors (Lipinski definition) is 7. The fraction of sp³-hybridized carbons (Fsp3) is 0.526. The number of aromatic nitrogens is 1. The smallest absolute Gasteiger partial charge is 0.308 e. The minimum atomic E-state index is -0.408. The molecule has 3 N–H and O–H groups in total. The average molecular weight is 363 g/mol. The molecule has 144 valence electrons. The van der Waals surface area contributed by atoms with Crippen LogP contribution < -0.4 is 10.5 Å². The van der Waals surface area contributed by atoms with Gasteiger partial charge in [-0.15, -0.1) is 0 Å². The topological polar surface area (TPSA) is 107 Å². The van der Waals surface area contributed by atoms with Crippen LogP contribution in [0.3, 0.4) is 0 Å². The minimum absolute atomic E-state index is 0.119. The van der Waals surface area contributed by atoms with E-state index in [4.69, 9.17) is 15.2 Å². The Morgan fingerprint density at radius 2 is 2.23 bits per heavy atom. The summed E-state index contributed by atoms with van der Waals surface area (Å²) in [5.74, 6) is 0.175. The van der Waals surface area contributed by atoms with Crippen molar-refractivity contribution in [3.05, 3.63) is 35.7 Å². The maximum atomic E-state index is 11.8. The summed E-state index contributed by atoms with van der Waals surface area (Å²) in [7, 11) is 1.54. The molecule has 0 amide bonds. The molecule has 1 aromatic rings. The van der Waals surface area contributed by atoms with Gasteiger partial charge in [0.1, 0.15) is 0 Å². The van der Waals surface area contributed by atoms with E-state index in [2.05, 4.69) is 9.98 Å². The first-order valence-electron chi connectivity index (χ1n) is 8.77. The molecule has 7 heteroatoms. The number of esters is 1. The molecule has 1 heterocycles. The minimum Gasteiger partial charge on any atom is -0.481 e. The Morgan fingerprint density at radius 3 is 2.81 bits per heavy atom. The van der Waals surface area contributed by atoms with E-state index in [1.54, 1.807) is 45.5 Å². The molecule has 1 rings (SSSR count). The second-order valence-corrected chi connectivity index (χ2v) is 5.94. The van der Waals surface area contributed by atoms with E-state index < -0.39 is 6.04 Å². The highest BCUT2D eigenvalue weighted by atomic mass is 16.5. The Balaban J connectivity index is 2.78. The number of carbonyl (C=O) groups is 1. The zero-order chi connectivity index (χ0) is 19.4.